The first kappa shape index (κ1) is 18.9. The predicted octanol–water partition coefficient (Wildman–Crippen LogP) is 3.46. The zero-order chi connectivity index (χ0) is 14.5. The quantitative estimate of drug-likeness (QED) is 0.864. The molecule has 0 aromatic heterocycles. The second kappa shape index (κ2) is 9.11. The van der Waals surface area contributed by atoms with Crippen LogP contribution in [0.3, 0.4) is 0 Å². The van der Waals surface area contributed by atoms with Gasteiger partial charge in [-0.1, -0.05) is 29.3 Å². The van der Waals surface area contributed by atoms with E-state index in [1.165, 1.54) is 0 Å². The molecule has 0 aliphatic carbocycles. The van der Waals surface area contributed by atoms with E-state index in [2.05, 4.69) is 0 Å². The molecular formula is C14H19Cl3N2OS. The molecule has 0 radical (unpaired) electrons. The van der Waals surface area contributed by atoms with Gasteiger partial charge in [0.1, 0.15) is 0 Å². The average Bonchev–Trinajstić information content (AvgIpc) is 2.90. The van der Waals surface area contributed by atoms with Gasteiger partial charge in [-0.3, -0.25) is 4.79 Å². The van der Waals surface area contributed by atoms with Crippen LogP contribution < -0.4 is 5.73 Å². The molecule has 0 bridgehead atoms. The van der Waals surface area contributed by atoms with Gasteiger partial charge in [-0.15, -0.1) is 24.2 Å². The minimum atomic E-state index is 0. The van der Waals surface area contributed by atoms with Gasteiger partial charge in [0.05, 0.1) is 5.75 Å². The van der Waals surface area contributed by atoms with E-state index in [0.717, 1.165) is 30.8 Å². The number of carbonyl (C=O) groups excluding carboxylic acids is 1. The van der Waals surface area contributed by atoms with Gasteiger partial charge in [0.15, 0.2) is 0 Å². The molecule has 1 fully saturated rings. The number of carbonyl (C=O) groups is 1. The third-order valence-electron chi connectivity index (χ3n) is 3.47. The van der Waals surface area contributed by atoms with Crippen LogP contribution in [0.4, 0.5) is 0 Å². The third-order valence-corrected chi connectivity index (χ3v) is 5.02. The van der Waals surface area contributed by atoms with Crippen LogP contribution in [-0.2, 0) is 10.5 Å². The Kier molecular flexibility index (Phi) is 8.21. The molecule has 1 saturated heterocycles. The summed E-state index contributed by atoms with van der Waals surface area (Å²) in [5, 5.41) is 1.28. The maximum Gasteiger partial charge on any atom is 0.232 e. The van der Waals surface area contributed by atoms with Crippen molar-refractivity contribution in [3.8, 4) is 0 Å². The smallest absolute Gasteiger partial charge is 0.232 e. The second-order valence-corrected chi connectivity index (χ2v) is 6.79. The molecule has 118 valence electrons. The molecule has 2 rings (SSSR count). The average molecular weight is 370 g/mol. The lowest BCUT2D eigenvalue weighted by atomic mass is 10.1. The zero-order valence-electron chi connectivity index (χ0n) is 11.6. The van der Waals surface area contributed by atoms with E-state index in [1.54, 1.807) is 17.8 Å². The molecule has 2 N–H and O–H groups in total. The number of hydrogen-bond acceptors (Lipinski definition) is 3. The van der Waals surface area contributed by atoms with Crippen molar-refractivity contribution in [1.29, 1.82) is 0 Å². The predicted molar refractivity (Wildman–Crippen MR) is 93.6 cm³/mol. The maximum absolute atomic E-state index is 12.0. The summed E-state index contributed by atoms with van der Waals surface area (Å²) in [6.45, 7) is 2.30. The van der Waals surface area contributed by atoms with Gasteiger partial charge in [-0.25, -0.2) is 0 Å². The van der Waals surface area contributed by atoms with E-state index in [-0.39, 0.29) is 18.3 Å². The molecule has 1 aliphatic rings. The highest BCUT2D eigenvalue weighted by molar-refractivity contribution is 7.99. The lowest BCUT2D eigenvalue weighted by Crippen LogP contribution is -2.31. The maximum atomic E-state index is 12.0. The number of hydrogen-bond donors (Lipinski definition) is 1. The highest BCUT2D eigenvalue weighted by atomic mass is 35.5. The molecule has 1 aromatic rings. The molecule has 1 atom stereocenters. The van der Waals surface area contributed by atoms with E-state index in [9.17, 15) is 4.79 Å². The number of rotatable bonds is 5. The van der Waals surface area contributed by atoms with Crippen LogP contribution in [0.5, 0.6) is 0 Å². The molecule has 1 aromatic carbocycles. The van der Waals surface area contributed by atoms with Crippen molar-refractivity contribution in [2.45, 2.75) is 12.2 Å². The number of benzene rings is 1. The largest absolute Gasteiger partial charge is 0.342 e. The fourth-order valence-corrected chi connectivity index (χ4v) is 3.72. The fraction of sp³-hybridized carbons (Fsp3) is 0.500. The lowest BCUT2D eigenvalue weighted by Gasteiger charge is -2.16. The van der Waals surface area contributed by atoms with Crippen LogP contribution in [0.15, 0.2) is 18.2 Å². The van der Waals surface area contributed by atoms with E-state index in [1.807, 2.05) is 17.0 Å². The van der Waals surface area contributed by atoms with Gasteiger partial charge < -0.3 is 10.6 Å². The number of nitrogens with two attached hydrogens (primary N) is 1. The molecule has 21 heavy (non-hydrogen) atoms. The number of halogens is 3. The monoisotopic (exact) mass is 368 g/mol. The minimum Gasteiger partial charge on any atom is -0.342 e. The third kappa shape index (κ3) is 5.53. The Labute approximate surface area is 145 Å². The summed E-state index contributed by atoms with van der Waals surface area (Å²) in [5.74, 6) is 1.86. The first-order chi connectivity index (χ1) is 9.60. The van der Waals surface area contributed by atoms with E-state index >= 15 is 0 Å². The van der Waals surface area contributed by atoms with Gasteiger partial charge >= 0.3 is 0 Å². The van der Waals surface area contributed by atoms with Crippen molar-refractivity contribution >= 4 is 53.3 Å². The topological polar surface area (TPSA) is 46.3 Å². The van der Waals surface area contributed by atoms with Gasteiger partial charge in [-0.2, -0.15) is 0 Å². The molecule has 7 heteroatoms. The standard InChI is InChI=1S/C14H18Cl2N2OS.ClH/c15-12-2-1-11(13(16)5-12)8-20-9-14(19)18-4-3-10(6-17)7-18;/h1-2,5,10H,3-4,6-9,17H2;1H. The Balaban J connectivity index is 0.00000220. The highest BCUT2D eigenvalue weighted by Crippen LogP contribution is 2.25. The van der Waals surface area contributed by atoms with Crippen LogP contribution in [0, 0.1) is 5.92 Å². The molecule has 1 unspecified atom stereocenters. The molecule has 3 nitrogen and oxygen atoms in total. The number of thioether (sulfide) groups is 1. The number of likely N-dealkylation sites (tertiary alicyclic amines) is 1. The van der Waals surface area contributed by atoms with Gasteiger partial charge in [0, 0.05) is 28.9 Å². The van der Waals surface area contributed by atoms with Gasteiger partial charge in [-0.05, 0) is 36.6 Å². The number of nitrogens with zero attached hydrogens (tertiary/aromatic N) is 1. The molecular weight excluding hydrogens is 351 g/mol. The zero-order valence-corrected chi connectivity index (χ0v) is 14.7. The Morgan fingerprint density at radius 2 is 2.19 bits per heavy atom. The van der Waals surface area contributed by atoms with Crippen LogP contribution >= 0.6 is 47.4 Å². The van der Waals surface area contributed by atoms with Crippen molar-refractivity contribution in [1.82, 2.24) is 4.90 Å². The molecule has 0 spiro atoms. The summed E-state index contributed by atoms with van der Waals surface area (Å²) in [7, 11) is 0. The molecule has 1 amide bonds. The first-order valence-corrected chi connectivity index (χ1v) is 8.50. The Hall–Kier alpha value is -0.130. The Morgan fingerprint density at radius 1 is 1.43 bits per heavy atom. The van der Waals surface area contributed by atoms with Crippen LogP contribution in [0.1, 0.15) is 12.0 Å². The summed E-state index contributed by atoms with van der Waals surface area (Å²) < 4.78 is 0. The van der Waals surface area contributed by atoms with Crippen LogP contribution in [0.25, 0.3) is 0 Å². The van der Waals surface area contributed by atoms with Gasteiger partial charge in [0.2, 0.25) is 5.91 Å². The van der Waals surface area contributed by atoms with Crippen molar-refractivity contribution in [2.75, 3.05) is 25.4 Å². The second-order valence-electron chi connectivity index (χ2n) is 4.96. The normalized spacial score (nSPS) is 17.7. The fourth-order valence-electron chi connectivity index (χ4n) is 2.23. The number of amides is 1. The Morgan fingerprint density at radius 3 is 2.81 bits per heavy atom. The van der Waals surface area contributed by atoms with Crippen LogP contribution in [0.2, 0.25) is 10.0 Å². The van der Waals surface area contributed by atoms with Crippen molar-refractivity contribution in [2.24, 2.45) is 11.7 Å². The summed E-state index contributed by atoms with van der Waals surface area (Å²) >= 11 is 13.5. The van der Waals surface area contributed by atoms with Crippen molar-refractivity contribution in [3.63, 3.8) is 0 Å². The van der Waals surface area contributed by atoms with E-state index < -0.39 is 0 Å². The highest BCUT2D eigenvalue weighted by Gasteiger charge is 2.24. The van der Waals surface area contributed by atoms with Crippen molar-refractivity contribution < 1.29 is 4.79 Å². The summed E-state index contributed by atoms with van der Waals surface area (Å²) in [6.07, 6.45) is 1.02. The molecule has 0 saturated carbocycles. The van der Waals surface area contributed by atoms with Gasteiger partial charge in [0.25, 0.3) is 0 Å². The lowest BCUT2D eigenvalue weighted by molar-refractivity contribution is -0.127. The van der Waals surface area contributed by atoms with Crippen molar-refractivity contribution in [3.05, 3.63) is 33.8 Å². The van der Waals surface area contributed by atoms with E-state index in [0.29, 0.717) is 28.3 Å². The summed E-state index contributed by atoms with van der Waals surface area (Å²) in [5.41, 5.74) is 6.64. The minimum absolute atomic E-state index is 0. The molecule has 1 heterocycles. The SMILES string of the molecule is Cl.NCC1CCN(C(=O)CSCc2ccc(Cl)cc2Cl)C1. The first-order valence-electron chi connectivity index (χ1n) is 6.59. The summed E-state index contributed by atoms with van der Waals surface area (Å²) in [6, 6.07) is 5.45. The van der Waals surface area contributed by atoms with Crippen LogP contribution in [-0.4, -0.2) is 36.2 Å². The molecule has 1 aliphatic heterocycles. The Bertz CT molecular complexity index is 487. The van der Waals surface area contributed by atoms with E-state index in [4.69, 9.17) is 28.9 Å². The summed E-state index contributed by atoms with van der Waals surface area (Å²) in [4.78, 5) is 14.0.